The zero-order valence-electron chi connectivity index (χ0n) is 8.71. The smallest absolute Gasteiger partial charge is 0.166 e. The van der Waals surface area contributed by atoms with Crippen LogP contribution in [0.3, 0.4) is 0 Å². The molecule has 0 unspecified atom stereocenters. The number of imidazole rings is 1. The van der Waals surface area contributed by atoms with Crippen molar-refractivity contribution in [2.24, 2.45) is 0 Å². The van der Waals surface area contributed by atoms with E-state index in [0.29, 0.717) is 5.52 Å². The third-order valence-corrected chi connectivity index (χ3v) is 2.52. The first-order chi connectivity index (χ1) is 7.19. The number of terminal acetylenes is 1. The molecular formula is C12H11FN2. The van der Waals surface area contributed by atoms with Crippen LogP contribution in [0.2, 0.25) is 0 Å². The number of fused-ring (bicyclic) bond motifs is 1. The second-order valence-electron chi connectivity index (χ2n) is 3.34. The van der Waals surface area contributed by atoms with Crippen molar-refractivity contribution in [3.05, 3.63) is 29.3 Å². The first-order valence-electron chi connectivity index (χ1n) is 4.81. The van der Waals surface area contributed by atoms with Crippen molar-refractivity contribution in [1.29, 1.82) is 0 Å². The van der Waals surface area contributed by atoms with E-state index in [1.165, 1.54) is 0 Å². The summed E-state index contributed by atoms with van der Waals surface area (Å²) in [6, 6.07) is 3.43. The summed E-state index contributed by atoms with van der Waals surface area (Å²) in [6.07, 6.45) is 5.19. The Kier molecular flexibility index (Phi) is 2.20. The Hall–Kier alpha value is -1.82. The Labute approximate surface area is 87.7 Å². The summed E-state index contributed by atoms with van der Waals surface area (Å²) >= 11 is 0. The van der Waals surface area contributed by atoms with Crippen molar-refractivity contribution in [3.8, 4) is 12.3 Å². The van der Waals surface area contributed by atoms with Crippen molar-refractivity contribution in [1.82, 2.24) is 9.55 Å². The standard InChI is InChI=1S/C12H11FN2/c1-4-9-6-7-10-12(11(9)13)14-8(3)15(10)5-2/h1,6-7H,5H2,2-3H3. The summed E-state index contributed by atoms with van der Waals surface area (Å²) in [5.74, 6) is 2.72. The fourth-order valence-corrected chi connectivity index (χ4v) is 1.79. The van der Waals surface area contributed by atoms with E-state index in [1.54, 1.807) is 6.07 Å². The topological polar surface area (TPSA) is 17.8 Å². The first kappa shape index (κ1) is 9.72. The van der Waals surface area contributed by atoms with Crippen molar-refractivity contribution in [2.45, 2.75) is 20.4 Å². The molecule has 3 heteroatoms. The molecule has 2 nitrogen and oxygen atoms in total. The van der Waals surface area contributed by atoms with Gasteiger partial charge in [0, 0.05) is 6.54 Å². The normalized spacial score (nSPS) is 10.5. The van der Waals surface area contributed by atoms with E-state index in [0.717, 1.165) is 17.9 Å². The van der Waals surface area contributed by atoms with Crippen LogP contribution in [0.15, 0.2) is 12.1 Å². The van der Waals surface area contributed by atoms with Gasteiger partial charge >= 0.3 is 0 Å². The fourth-order valence-electron chi connectivity index (χ4n) is 1.79. The summed E-state index contributed by atoms with van der Waals surface area (Å²) in [6.45, 7) is 4.64. The van der Waals surface area contributed by atoms with Crippen molar-refractivity contribution < 1.29 is 4.39 Å². The number of aryl methyl sites for hydroxylation is 2. The van der Waals surface area contributed by atoms with E-state index in [2.05, 4.69) is 10.9 Å². The zero-order valence-corrected chi connectivity index (χ0v) is 8.71. The zero-order chi connectivity index (χ0) is 11.0. The van der Waals surface area contributed by atoms with Gasteiger partial charge in [-0.05, 0) is 26.0 Å². The predicted molar refractivity (Wildman–Crippen MR) is 58.0 cm³/mol. The molecule has 0 amide bonds. The lowest BCUT2D eigenvalue weighted by Crippen LogP contribution is -1.96. The number of halogens is 1. The number of hydrogen-bond acceptors (Lipinski definition) is 1. The molecule has 0 saturated carbocycles. The van der Waals surface area contributed by atoms with Crippen LogP contribution in [-0.2, 0) is 6.54 Å². The Bertz CT molecular complexity index is 561. The third-order valence-electron chi connectivity index (χ3n) is 2.52. The average Bonchev–Trinajstić information content (AvgIpc) is 2.56. The first-order valence-corrected chi connectivity index (χ1v) is 4.81. The Morgan fingerprint density at radius 2 is 2.27 bits per heavy atom. The molecule has 15 heavy (non-hydrogen) atoms. The molecule has 0 spiro atoms. The van der Waals surface area contributed by atoms with Crippen LogP contribution in [0.25, 0.3) is 11.0 Å². The SMILES string of the molecule is C#Cc1ccc2c(nc(C)n2CC)c1F. The molecule has 0 N–H and O–H groups in total. The molecular weight excluding hydrogens is 191 g/mol. The Morgan fingerprint density at radius 3 is 2.87 bits per heavy atom. The van der Waals surface area contributed by atoms with Gasteiger partial charge in [0.25, 0.3) is 0 Å². The van der Waals surface area contributed by atoms with Crippen LogP contribution in [-0.4, -0.2) is 9.55 Å². The molecule has 76 valence electrons. The maximum Gasteiger partial charge on any atom is 0.166 e. The minimum atomic E-state index is -0.398. The van der Waals surface area contributed by atoms with Crippen LogP contribution in [0, 0.1) is 25.1 Å². The molecule has 0 radical (unpaired) electrons. The third kappa shape index (κ3) is 1.30. The van der Waals surface area contributed by atoms with Crippen LogP contribution in [0.5, 0.6) is 0 Å². The van der Waals surface area contributed by atoms with Crippen LogP contribution in [0.1, 0.15) is 18.3 Å². The number of rotatable bonds is 1. The fraction of sp³-hybridized carbons (Fsp3) is 0.250. The van der Waals surface area contributed by atoms with Gasteiger partial charge in [0.2, 0.25) is 0 Å². The highest BCUT2D eigenvalue weighted by molar-refractivity contribution is 5.78. The maximum absolute atomic E-state index is 13.8. The molecule has 0 aliphatic heterocycles. The number of benzene rings is 1. The van der Waals surface area contributed by atoms with Gasteiger partial charge < -0.3 is 4.57 Å². The second kappa shape index (κ2) is 3.39. The highest BCUT2D eigenvalue weighted by atomic mass is 19.1. The van der Waals surface area contributed by atoms with E-state index in [9.17, 15) is 4.39 Å². The lowest BCUT2D eigenvalue weighted by Gasteiger charge is -2.01. The van der Waals surface area contributed by atoms with E-state index in [4.69, 9.17) is 6.42 Å². The van der Waals surface area contributed by atoms with Gasteiger partial charge in [-0.15, -0.1) is 6.42 Å². The molecule has 2 rings (SSSR count). The van der Waals surface area contributed by atoms with Crippen LogP contribution >= 0.6 is 0 Å². The van der Waals surface area contributed by atoms with Crippen molar-refractivity contribution >= 4 is 11.0 Å². The highest BCUT2D eigenvalue weighted by Crippen LogP contribution is 2.21. The quantitative estimate of drug-likeness (QED) is 0.649. The van der Waals surface area contributed by atoms with E-state index in [1.807, 2.05) is 24.5 Å². The molecule has 0 aliphatic carbocycles. The highest BCUT2D eigenvalue weighted by Gasteiger charge is 2.12. The van der Waals surface area contributed by atoms with E-state index in [-0.39, 0.29) is 5.56 Å². The molecule has 0 atom stereocenters. The molecule has 0 saturated heterocycles. The Morgan fingerprint density at radius 1 is 1.53 bits per heavy atom. The number of aromatic nitrogens is 2. The summed E-state index contributed by atoms with van der Waals surface area (Å²) in [5.41, 5.74) is 1.43. The molecule has 1 aromatic carbocycles. The summed E-state index contributed by atoms with van der Waals surface area (Å²) in [4.78, 5) is 4.18. The van der Waals surface area contributed by atoms with Crippen molar-refractivity contribution in [3.63, 3.8) is 0 Å². The molecule has 0 aliphatic rings. The van der Waals surface area contributed by atoms with Gasteiger partial charge in [0.1, 0.15) is 11.3 Å². The monoisotopic (exact) mass is 202 g/mol. The van der Waals surface area contributed by atoms with Gasteiger partial charge in [-0.3, -0.25) is 0 Å². The molecule has 0 bridgehead atoms. The lowest BCUT2D eigenvalue weighted by atomic mass is 10.2. The van der Waals surface area contributed by atoms with Crippen LogP contribution in [0.4, 0.5) is 4.39 Å². The maximum atomic E-state index is 13.8. The molecule has 1 aromatic heterocycles. The number of nitrogens with zero attached hydrogens (tertiary/aromatic N) is 2. The molecule has 2 aromatic rings. The summed E-state index contributed by atoms with van der Waals surface area (Å²) in [5, 5.41) is 0. The minimum absolute atomic E-state index is 0.267. The predicted octanol–water partition coefficient (Wildman–Crippen LogP) is 2.49. The van der Waals surface area contributed by atoms with Gasteiger partial charge in [0.05, 0.1) is 11.1 Å². The lowest BCUT2D eigenvalue weighted by molar-refractivity contribution is 0.634. The van der Waals surface area contributed by atoms with Gasteiger partial charge in [-0.2, -0.15) is 0 Å². The summed E-state index contributed by atoms with van der Waals surface area (Å²) in [7, 11) is 0. The van der Waals surface area contributed by atoms with Gasteiger partial charge in [-0.1, -0.05) is 5.92 Å². The van der Waals surface area contributed by atoms with E-state index < -0.39 is 5.82 Å². The summed E-state index contributed by atoms with van der Waals surface area (Å²) < 4.78 is 15.7. The Balaban J connectivity index is 2.86. The van der Waals surface area contributed by atoms with E-state index >= 15 is 0 Å². The van der Waals surface area contributed by atoms with Crippen LogP contribution < -0.4 is 0 Å². The molecule has 1 heterocycles. The van der Waals surface area contributed by atoms with Gasteiger partial charge in [0.15, 0.2) is 5.82 Å². The average molecular weight is 202 g/mol. The minimum Gasteiger partial charge on any atom is -0.328 e. The van der Waals surface area contributed by atoms with Gasteiger partial charge in [-0.25, -0.2) is 9.37 Å². The number of hydrogen-bond donors (Lipinski definition) is 0. The van der Waals surface area contributed by atoms with Crippen molar-refractivity contribution in [2.75, 3.05) is 0 Å². The largest absolute Gasteiger partial charge is 0.328 e. The second-order valence-corrected chi connectivity index (χ2v) is 3.34. The molecule has 0 fully saturated rings.